The minimum absolute atomic E-state index is 0.229. The van der Waals surface area contributed by atoms with Crippen LogP contribution in [0.15, 0.2) is 18.2 Å². The van der Waals surface area contributed by atoms with Crippen LogP contribution in [0.1, 0.15) is 12.5 Å². The lowest BCUT2D eigenvalue weighted by Crippen LogP contribution is -2.27. The van der Waals surface area contributed by atoms with Crippen molar-refractivity contribution in [1.29, 1.82) is 0 Å². The number of benzene rings is 1. The van der Waals surface area contributed by atoms with Gasteiger partial charge in [-0.15, -0.1) is 0 Å². The van der Waals surface area contributed by atoms with E-state index >= 15 is 0 Å². The second-order valence-electron chi connectivity index (χ2n) is 4.55. The van der Waals surface area contributed by atoms with Crippen LogP contribution in [0.25, 0.3) is 0 Å². The Balaban J connectivity index is 3.04. The number of aryl methyl sites for hydroxylation is 1. The Morgan fingerprint density at radius 1 is 1.37 bits per heavy atom. The summed E-state index contributed by atoms with van der Waals surface area (Å²) in [6, 6.07) is 5.07. The summed E-state index contributed by atoms with van der Waals surface area (Å²) in [5.74, 6) is -0.587. The van der Waals surface area contributed by atoms with Gasteiger partial charge in [-0.2, -0.15) is 0 Å². The number of nitrogens with one attached hydrogen (secondary N) is 2. The Hall–Kier alpha value is -1.60. The molecule has 0 aliphatic heterocycles. The van der Waals surface area contributed by atoms with Gasteiger partial charge in [0.25, 0.3) is 0 Å². The summed E-state index contributed by atoms with van der Waals surface area (Å²) in [5, 5.41) is 2.68. The molecule has 1 rings (SSSR count). The van der Waals surface area contributed by atoms with E-state index in [0.717, 1.165) is 11.8 Å². The zero-order valence-electron chi connectivity index (χ0n) is 11.2. The molecule has 0 spiro atoms. The van der Waals surface area contributed by atoms with Crippen molar-refractivity contribution < 1.29 is 13.2 Å². The van der Waals surface area contributed by atoms with Crippen LogP contribution >= 0.6 is 0 Å². The Bertz CT molecular complexity index is 570. The molecule has 0 bridgehead atoms. The number of rotatable bonds is 5. The molecule has 19 heavy (non-hydrogen) atoms. The highest BCUT2D eigenvalue weighted by molar-refractivity contribution is 7.92. The third-order valence-electron chi connectivity index (χ3n) is 2.53. The summed E-state index contributed by atoms with van der Waals surface area (Å²) in [5.41, 5.74) is 7.10. The van der Waals surface area contributed by atoms with Gasteiger partial charge in [0.05, 0.1) is 17.6 Å². The van der Waals surface area contributed by atoms with Crippen LogP contribution < -0.4 is 15.8 Å². The molecule has 1 aromatic rings. The lowest BCUT2D eigenvalue weighted by atomic mass is 10.1. The molecule has 1 amide bonds. The molecular weight excluding hydrogens is 266 g/mol. The average Bonchev–Trinajstić information content (AvgIpc) is 2.30. The summed E-state index contributed by atoms with van der Waals surface area (Å²) in [6.45, 7) is 3.79. The van der Waals surface area contributed by atoms with Crippen LogP contribution in [-0.2, 0) is 14.8 Å². The van der Waals surface area contributed by atoms with E-state index in [9.17, 15) is 13.2 Å². The third kappa shape index (κ3) is 4.88. The van der Waals surface area contributed by atoms with Crippen molar-refractivity contribution in [2.45, 2.75) is 13.8 Å². The van der Waals surface area contributed by atoms with E-state index in [2.05, 4.69) is 10.0 Å². The van der Waals surface area contributed by atoms with E-state index in [0.29, 0.717) is 11.4 Å². The summed E-state index contributed by atoms with van der Waals surface area (Å²) in [6.07, 6.45) is 1.06. The molecule has 0 radical (unpaired) electrons. The number of carbonyl (C=O) groups excluding carboxylic acids is 1. The minimum atomic E-state index is -3.40. The van der Waals surface area contributed by atoms with Crippen molar-refractivity contribution >= 4 is 27.3 Å². The summed E-state index contributed by atoms with van der Waals surface area (Å²) < 4.78 is 24.9. The Morgan fingerprint density at radius 3 is 2.53 bits per heavy atom. The first-order valence-corrected chi connectivity index (χ1v) is 7.71. The van der Waals surface area contributed by atoms with E-state index < -0.39 is 10.0 Å². The van der Waals surface area contributed by atoms with Crippen molar-refractivity contribution in [3.8, 4) is 0 Å². The standard InChI is InChI=1S/C12H19N3O3S/c1-8-4-5-10(15-19(3,17)18)11(6-8)14-12(16)9(2)7-13/h4-6,9,15H,7,13H2,1-3H3,(H,14,16). The first-order valence-electron chi connectivity index (χ1n) is 5.82. The van der Waals surface area contributed by atoms with E-state index in [-0.39, 0.29) is 18.4 Å². The van der Waals surface area contributed by atoms with Crippen molar-refractivity contribution in [1.82, 2.24) is 0 Å². The number of nitrogens with two attached hydrogens (primary N) is 1. The Labute approximate surface area is 113 Å². The Morgan fingerprint density at radius 2 is 2.00 bits per heavy atom. The zero-order valence-corrected chi connectivity index (χ0v) is 12.0. The molecule has 1 unspecified atom stereocenters. The van der Waals surface area contributed by atoms with Crippen molar-refractivity contribution in [3.63, 3.8) is 0 Å². The number of sulfonamides is 1. The second-order valence-corrected chi connectivity index (χ2v) is 6.30. The lowest BCUT2D eigenvalue weighted by Gasteiger charge is -2.15. The molecule has 0 saturated carbocycles. The molecule has 0 aliphatic carbocycles. The van der Waals surface area contributed by atoms with Crippen LogP contribution in [-0.4, -0.2) is 27.1 Å². The summed E-state index contributed by atoms with van der Waals surface area (Å²) >= 11 is 0. The highest BCUT2D eigenvalue weighted by atomic mass is 32.2. The molecule has 0 saturated heterocycles. The largest absolute Gasteiger partial charge is 0.330 e. The van der Waals surface area contributed by atoms with Gasteiger partial charge in [0.15, 0.2) is 0 Å². The quantitative estimate of drug-likeness (QED) is 0.748. The maximum atomic E-state index is 11.8. The van der Waals surface area contributed by atoms with Gasteiger partial charge in [-0.1, -0.05) is 13.0 Å². The lowest BCUT2D eigenvalue weighted by molar-refractivity contribution is -0.119. The second kappa shape index (κ2) is 6.03. The third-order valence-corrected chi connectivity index (χ3v) is 3.12. The molecule has 7 heteroatoms. The van der Waals surface area contributed by atoms with Gasteiger partial charge in [0.2, 0.25) is 15.9 Å². The van der Waals surface area contributed by atoms with E-state index in [1.165, 1.54) is 0 Å². The molecule has 0 aliphatic rings. The van der Waals surface area contributed by atoms with Gasteiger partial charge in [-0.05, 0) is 24.6 Å². The molecule has 0 heterocycles. The highest BCUT2D eigenvalue weighted by Crippen LogP contribution is 2.24. The van der Waals surface area contributed by atoms with Crippen molar-refractivity contribution in [2.75, 3.05) is 22.8 Å². The number of hydrogen-bond donors (Lipinski definition) is 3. The maximum absolute atomic E-state index is 11.8. The predicted molar refractivity (Wildman–Crippen MR) is 76.5 cm³/mol. The topological polar surface area (TPSA) is 101 Å². The van der Waals surface area contributed by atoms with Gasteiger partial charge in [0, 0.05) is 12.5 Å². The van der Waals surface area contributed by atoms with Gasteiger partial charge in [-0.25, -0.2) is 8.42 Å². The molecule has 1 atom stereocenters. The Kier molecular flexibility index (Phi) is 4.90. The SMILES string of the molecule is Cc1ccc(NS(C)(=O)=O)c(NC(=O)C(C)CN)c1. The number of hydrogen-bond acceptors (Lipinski definition) is 4. The number of anilines is 2. The monoisotopic (exact) mass is 285 g/mol. The fourth-order valence-electron chi connectivity index (χ4n) is 1.41. The zero-order chi connectivity index (χ0) is 14.6. The molecule has 1 aromatic carbocycles. The number of carbonyl (C=O) groups is 1. The maximum Gasteiger partial charge on any atom is 0.229 e. The highest BCUT2D eigenvalue weighted by Gasteiger charge is 2.14. The van der Waals surface area contributed by atoms with E-state index in [1.807, 2.05) is 6.92 Å². The first-order chi connectivity index (χ1) is 8.73. The molecule has 6 nitrogen and oxygen atoms in total. The van der Waals surface area contributed by atoms with Crippen molar-refractivity contribution in [2.24, 2.45) is 11.7 Å². The normalized spacial score (nSPS) is 12.8. The van der Waals surface area contributed by atoms with Gasteiger partial charge in [-0.3, -0.25) is 9.52 Å². The molecule has 0 aromatic heterocycles. The van der Waals surface area contributed by atoms with Crippen LogP contribution in [0.2, 0.25) is 0 Å². The first kappa shape index (κ1) is 15.5. The van der Waals surface area contributed by atoms with Crippen LogP contribution in [0.3, 0.4) is 0 Å². The predicted octanol–water partition coefficient (Wildman–Crippen LogP) is 0.900. The molecule has 0 fully saturated rings. The fourth-order valence-corrected chi connectivity index (χ4v) is 1.99. The molecular formula is C12H19N3O3S. The van der Waals surface area contributed by atoms with E-state index in [4.69, 9.17) is 5.73 Å². The van der Waals surface area contributed by atoms with Gasteiger partial charge >= 0.3 is 0 Å². The molecule has 106 valence electrons. The van der Waals surface area contributed by atoms with Gasteiger partial charge < -0.3 is 11.1 Å². The van der Waals surface area contributed by atoms with E-state index in [1.54, 1.807) is 25.1 Å². The van der Waals surface area contributed by atoms with Gasteiger partial charge in [0.1, 0.15) is 0 Å². The molecule has 4 N–H and O–H groups in total. The minimum Gasteiger partial charge on any atom is -0.330 e. The fraction of sp³-hybridized carbons (Fsp3) is 0.417. The summed E-state index contributed by atoms with van der Waals surface area (Å²) in [7, 11) is -3.40. The van der Waals surface area contributed by atoms with Crippen LogP contribution in [0.4, 0.5) is 11.4 Å². The van der Waals surface area contributed by atoms with Crippen LogP contribution in [0.5, 0.6) is 0 Å². The van der Waals surface area contributed by atoms with Crippen LogP contribution in [0, 0.1) is 12.8 Å². The smallest absolute Gasteiger partial charge is 0.229 e. The number of amides is 1. The average molecular weight is 285 g/mol. The van der Waals surface area contributed by atoms with Crippen molar-refractivity contribution in [3.05, 3.63) is 23.8 Å². The summed E-state index contributed by atoms with van der Waals surface area (Å²) in [4.78, 5) is 11.8.